The van der Waals surface area contributed by atoms with Gasteiger partial charge in [0.25, 0.3) is 5.91 Å². The SMILES string of the molecule is O=C(NC[C@H](c1ccccc1)S(=O)(=O)c1cccs1)c1ccccc1F. The summed E-state index contributed by atoms with van der Waals surface area (Å²) >= 11 is 1.13. The summed E-state index contributed by atoms with van der Waals surface area (Å²) in [7, 11) is -3.69. The van der Waals surface area contributed by atoms with Crippen LogP contribution in [0, 0.1) is 5.82 Å². The van der Waals surface area contributed by atoms with Crippen molar-refractivity contribution in [3.63, 3.8) is 0 Å². The number of carbonyl (C=O) groups excluding carboxylic acids is 1. The molecule has 3 aromatic rings. The third kappa shape index (κ3) is 3.84. The number of thiophene rings is 1. The average Bonchev–Trinajstić information content (AvgIpc) is 3.18. The normalized spacial score (nSPS) is 12.5. The lowest BCUT2D eigenvalue weighted by Gasteiger charge is -2.18. The van der Waals surface area contributed by atoms with E-state index in [9.17, 15) is 17.6 Å². The van der Waals surface area contributed by atoms with Crippen molar-refractivity contribution in [2.75, 3.05) is 6.54 Å². The average molecular weight is 389 g/mol. The summed E-state index contributed by atoms with van der Waals surface area (Å²) in [6.45, 7) is -0.155. The Hall–Kier alpha value is -2.51. The van der Waals surface area contributed by atoms with Gasteiger partial charge >= 0.3 is 0 Å². The molecule has 7 heteroatoms. The van der Waals surface area contributed by atoms with Gasteiger partial charge in [0.1, 0.15) is 15.3 Å². The van der Waals surface area contributed by atoms with Gasteiger partial charge in [-0.15, -0.1) is 11.3 Å². The fraction of sp³-hybridized carbons (Fsp3) is 0.105. The number of hydrogen-bond acceptors (Lipinski definition) is 4. The molecule has 3 rings (SSSR count). The van der Waals surface area contributed by atoms with Crippen molar-refractivity contribution in [2.24, 2.45) is 0 Å². The predicted octanol–water partition coefficient (Wildman–Crippen LogP) is 3.83. The highest BCUT2D eigenvalue weighted by atomic mass is 32.2. The Labute approximate surface area is 155 Å². The van der Waals surface area contributed by atoms with Crippen molar-refractivity contribution in [3.05, 3.63) is 89.1 Å². The van der Waals surface area contributed by atoms with Gasteiger partial charge < -0.3 is 5.32 Å². The van der Waals surface area contributed by atoms with E-state index in [0.717, 1.165) is 11.3 Å². The van der Waals surface area contributed by atoms with Gasteiger partial charge in [-0.25, -0.2) is 12.8 Å². The molecule has 0 radical (unpaired) electrons. The maximum absolute atomic E-state index is 13.8. The number of rotatable bonds is 6. The Bertz CT molecular complexity index is 987. The van der Waals surface area contributed by atoms with Gasteiger partial charge in [0.2, 0.25) is 0 Å². The largest absolute Gasteiger partial charge is 0.350 e. The molecule has 4 nitrogen and oxygen atoms in total. The lowest BCUT2D eigenvalue weighted by Crippen LogP contribution is -2.32. The van der Waals surface area contributed by atoms with Gasteiger partial charge in [-0.05, 0) is 29.1 Å². The number of hydrogen-bond donors (Lipinski definition) is 1. The molecule has 0 aliphatic heterocycles. The molecule has 1 atom stereocenters. The van der Waals surface area contributed by atoms with E-state index in [1.807, 2.05) is 0 Å². The summed E-state index contributed by atoms with van der Waals surface area (Å²) in [5.74, 6) is -1.30. The fourth-order valence-electron chi connectivity index (χ4n) is 2.57. The molecule has 1 amide bonds. The lowest BCUT2D eigenvalue weighted by atomic mass is 10.1. The summed E-state index contributed by atoms with van der Waals surface area (Å²) in [4.78, 5) is 12.3. The molecule has 134 valence electrons. The van der Waals surface area contributed by atoms with Gasteiger partial charge in [-0.2, -0.15) is 0 Å². The third-order valence-electron chi connectivity index (χ3n) is 3.89. The van der Waals surface area contributed by atoms with Crippen LogP contribution in [0.3, 0.4) is 0 Å². The van der Waals surface area contributed by atoms with Crippen LogP contribution < -0.4 is 5.32 Å². The number of amides is 1. The molecule has 1 aromatic heterocycles. The van der Waals surface area contributed by atoms with E-state index in [2.05, 4.69) is 5.32 Å². The number of benzene rings is 2. The van der Waals surface area contributed by atoms with Gasteiger partial charge in [0, 0.05) is 6.54 Å². The zero-order chi connectivity index (χ0) is 18.6. The zero-order valence-corrected chi connectivity index (χ0v) is 15.3. The van der Waals surface area contributed by atoms with Gasteiger partial charge in [-0.1, -0.05) is 48.5 Å². The number of halogens is 1. The molecule has 0 unspecified atom stereocenters. The monoisotopic (exact) mass is 389 g/mol. The van der Waals surface area contributed by atoms with Crippen LogP contribution in [-0.2, 0) is 9.84 Å². The smallest absolute Gasteiger partial charge is 0.254 e. The first-order valence-electron chi connectivity index (χ1n) is 7.85. The minimum atomic E-state index is -3.69. The molecule has 2 aromatic carbocycles. The maximum atomic E-state index is 13.8. The van der Waals surface area contributed by atoms with Crippen molar-refractivity contribution in [2.45, 2.75) is 9.46 Å². The Morgan fingerprint density at radius 2 is 1.69 bits per heavy atom. The van der Waals surface area contributed by atoms with Crippen LogP contribution in [0.15, 0.2) is 76.3 Å². The second-order valence-electron chi connectivity index (χ2n) is 5.57. The summed E-state index contributed by atoms with van der Waals surface area (Å²) < 4.78 is 40.0. The van der Waals surface area contributed by atoms with E-state index >= 15 is 0 Å². The van der Waals surface area contributed by atoms with Gasteiger partial charge in [0.05, 0.1) is 5.56 Å². The summed E-state index contributed by atoms with van der Waals surface area (Å²) in [6, 6.07) is 17.5. The molecule has 26 heavy (non-hydrogen) atoms. The molecule has 1 N–H and O–H groups in total. The molecule has 0 saturated carbocycles. The van der Waals surface area contributed by atoms with E-state index in [1.54, 1.807) is 47.8 Å². The van der Waals surface area contributed by atoms with E-state index < -0.39 is 26.8 Å². The van der Waals surface area contributed by atoms with E-state index in [4.69, 9.17) is 0 Å². The highest BCUT2D eigenvalue weighted by molar-refractivity contribution is 7.93. The van der Waals surface area contributed by atoms with Crippen molar-refractivity contribution >= 4 is 27.1 Å². The molecule has 0 saturated heterocycles. The Morgan fingerprint density at radius 1 is 1.00 bits per heavy atom. The zero-order valence-electron chi connectivity index (χ0n) is 13.6. The molecule has 0 aliphatic carbocycles. The minimum absolute atomic E-state index is 0.118. The van der Waals surface area contributed by atoms with Crippen LogP contribution in [0.1, 0.15) is 21.2 Å². The first-order valence-corrected chi connectivity index (χ1v) is 10.3. The number of sulfone groups is 1. The summed E-state index contributed by atoms with van der Waals surface area (Å²) in [6.07, 6.45) is 0. The van der Waals surface area contributed by atoms with Crippen molar-refractivity contribution in [1.29, 1.82) is 0 Å². The summed E-state index contributed by atoms with van der Waals surface area (Å²) in [5.41, 5.74) is 0.447. The molecule has 0 bridgehead atoms. The van der Waals surface area contributed by atoms with Crippen LogP contribution in [-0.4, -0.2) is 20.9 Å². The number of nitrogens with one attached hydrogen (secondary N) is 1. The molecule has 0 aliphatic rings. The van der Waals surface area contributed by atoms with E-state index in [0.29, 0.717) is 5.56 Å². The van der Waals surface area contributed by atoms with Gasteiger partial charge in [-0.3, -0.25) is 4.79 Å². The second kappa shape index (κ2) is 7.80. The lowest BCUT2D eigenvalue weighted by molar-refractivity contribution is 0.0949. The van der Waals surface area contributed by atoms with Crippen LogP contribution in [0.4, 0.5) is 4.39 Å². The highest BCUT2D eigenvalue weighted by Gasteiger charge is 2.30. The first-order chi connectivity index (χ1) is 12.5. The van der Waals surface area contributed by atoms with E-state index in [-0.39, 0.29) is 16.3 Å². The third-order valence-corrected chi connectivity index (χ3v) is 7.42. The molecular formula is C19H16FNO3S2. The molecule has 0 spiro atoms. The number of carbonyl (C=O) groups is 1. The van der Waals surface area contributed by atoms with E-state index in [1.165, 1.54) is 24.3 Å². The second-order valence-corrected chi connectivity index (χ2v) is 8.87. The standard InChI is InChI=1S/C19H16FNO3S2/c20-16-10-5-4-9-15(16)19(22)21-13-17(14-7-2-1-3-8-14)26(23,24)18-11-6-12-25-18/h1-12,17H,13H2,(H,21,22)/t17-/m1/s1. The maximum Gasteiger partial charge on any atom is 0.254 e. The van der Waals surface area contributed by atoms with Crippen LogP contribution >= 0.6 is 11.3 Å². The van der Waals surface area contributed by atoms with Crippen molar-refractivity contribution in [1.82, 2.24) is 5.32 Å². The quantitative estimate of drug-likeness (QED) is 0.697. The Kier molecular flexibility index (Phi) is 5.49. The first kappa shape index (κ1) is 18.3. The Morgan fingerprint density at radius 3 is 2.35 bits per heavy atom. The highest BCUT2D eigenvalue weighted by Crippen LogP contribution is 2.31. The summed E-state index contributed by atoms with van der Waals surface area (Å²) in [5, 5.41) is 3.28. The Balaban J connectivity index is 1.88. The fourth-order valence-corrected chi connectivity index (χ4v) is 5.43. The van der Waals surface area contributed by atoms with Crippen LogP contribution in [0.25, 0.3) is 0 Å². The minimum Gasteiger partial charge on any atom is -0.350 e. The molecule has 1 heterocycles. The van der Waals surface area contributed by atoms with Crippen molar-refractivity contribution < 1.29 is 17.6 Å². The predicted molar refractivity (Wildman–Crippen MR) is 99.4 cm³/mol. The van der Waals surface area contributed by atoms with Crippen molar-refractivity contribution in [3.8, 4) is 0 Å². The van der Waals surface area contributed by atoms with Gasteiger partial charge in [0.15, 0.2) is 9.84 Å². The van der Waals surface area contributed by atoms with Crippen LogP contribution in [0.5, 0.6) is 0 Å². The molecular weight excluding hydrogens is 373 g/mol. The van der Waals surface area contributed by atoms with Crippen LogP contribution in [0.2, 0.25) is 0 Å². The molecule has 0 fully saturated rings. The topological polar surface area (TPSA) is 63.2 Å².